The molecule has 2 fully saturated rings. The van der Waals surface area contributed by atoms with Crippen LogP contribution < -0.4 is 5.32 Å². The number of likely N-dealkylation sites (tertiary alicyclic amines) is 1. The zero-order valence-corrected chi connectivity index (χ0v) is 13.2. The van der Waals surface area contributed by atoms with Crippen LogP contribution in [0.25, 0.3) is 0 Å². The molecule has 1 aliphatic heterocycles. The summed E-state index contributed by atoms with van der Waals surface area (Å²) < 4.78 is 0. The van der Waals surface area contributed by atoms with Crippen LogP contribution in [0.3, 0.4) is 0 Å². The van der Waals surface area contributed by atoms with Crippen molar-refractivity contribution in [3.05, 3.63) is 0 Å². The van der Waals surface area contributed by atoms with E-state index in [0.717, 1.165) is 5.92 Å². The fourth-order valence-corrected chi connectivity index (χ4v) is 3.92. The molecule has 1 saturated heterocycles. The van der Waals surface area contributed by atoms with Crippen molar-refractivity contribution in [2.75, 3.05) is 32.7 Å². The molecule has 0 spiro atoms. The van der Waals surface area contributed by atoms with E-state index in [4.69, 9.17) is 0 Å². The number of hydrogen-bond acceptors (Lipinski definition) is 2. The molecule has 0 aromatic carbocycles. The number of piperidine rings is 1. The van der Waals surface area contributed by atoms with Gasteiger partial charge in [-0.15, -0.1) is 0 Å². The van der Waals surface area contributed by atoms with Crippen molar-refractivity contribution in [2.24, 2.45) is 11.3 Å². The fraction of sp³-hybridized carbons (Fsp3) is 1.00. The lowest BCUT2D eigenvalue weighted by Crippen LogP contribution is -2.47. The Kier molecular flexibility index (Phi) is 6.15. The zero-order chi connectivity index (χ0) is 13.6. The first-order chi connectivity index (χ1) is 9.24. The van der Waals surface area contributed by atoms with Gasteiger partial charge < -0.3 is 10.2 Å². The molecule has 2 heteroatoms. The van der Waals surface area contributed by atoms with Gasteiger partial charge in [0.2, 0.25) is 0 Å². The minimum atomic E-state index is 0.591. The molecule has 2 rings (SSSR count). The molecule has 0 aromatic heterocycles. The van der Waals surface area contributed by atoms with Crippen LogP contribution in [0.1, 0.15) is 65.2 Å². The maximum atomic E-state index is 3.72. The SMILES string of the molecule is CCCNCC1(CN2CCC(C)CC2)CCCCC1. The largest absolute Gasteiger partial charge is 0.316 e. The third-order valence-electron chi connectivity index (χ3n) is 5.28. The highest BCUT2D eigenvalue weighted by atomic mass is 15.1. The Labute approximate surface area is 120 Å². The molecule has 1 saturated carbocycles. The van der Waals surface area contributed by atoms with Crippen LogP contribution in [0.2, 0.25) is 0 Å². The smallest absolute Gasteiger partial charge is 0.00501 e. The van der Waals surface area contributed by atoms with Crippen LogP contribution in [0.5, 0.6) is 0 Å². The third-order valence-corrected chi connectivity index (χ3v) is 5.28. The van der Waals surface area contributed by atoms with Gasteiger partial charge in [-0.1, -0.05) is 33.1 Å². The van der Waals surface area contributed by atoms with Crippen LogP contribution in [-0.4, -0.2) is 37.6 Å². The van der Waals surface area contributed by atoms with Gasteiger partial charge in [0.25, 0.3) is 0 Å². The molecule has 0 bridgehead atoms. The Balaban J connectivity index is 1.85. The number of nitrogens with one attached hydrogen (secondary N) is 1. The average Bonchev–Trinajstić information content (AvgIpc) is 2.43. The summed E-state index contributed by atoms with van der Waals surface area (Å²) in [5.74, 6) is 0.955. The van der Waals surface area contributed by atoms with E-state index in [0.29, 0.717) is 5.41 Å². The third kappa shape index (κ3) is 4.75. The van der Waals surface area contributed by atoms with Crippen molar-refractivity contribution in [2.45, 2.75) is 65.2 Å². The monoisotopic (exact) mass is 266 g/mol. The van der Waals surface area contributed by atoms with Gasteiger partial charge in [-0.2, -0.15) is 0 Å². The Morgan fingerprint density at radius 3 is 2.42 bits per heavy atom. The van der Waals surface area contributed by atoms with Gasteiger partial charge in [-0.25, -0.2) is 0 Å². The van der Waals surface area contributed by atoms with Crippen molar-refractivity contribution < 1.29 is 0 Å². The molecule has 1 heterocycles. The highest BCUT2D eigenvalue weighted by Crippen LogP contribution is 2.37. The molecule has 0 amide bonds. The number of nitrogens with zero attached hydrogens (tertiary/aromatic N) is 1. The first-order valence-electron chi connectivity index (χ1n) is 8.67. The van der Waals surface area contributed by atoms with Crippen LogP contribution in [0.4, 0.5) is 0 Å². The predicted octanol–water partition coefficient (Wildman–Crippen LogP) is 3.67. The minimum absolute atomic E-state index is 0.591. The van der Waals surface area contributed by atoms with Crippen LogP contribution >= 0.6 is 0 Å². The second-order valence-corrected chi connectivity index (χ2v) is 7.20. The lowest BCUT2D eigenvalue weighted by molar-refractivity contribution is 0.0801. The van der Waals surface area contributed by atoms with Gasteiger partial charge in [0.1, 0.15) is 0 Å². The van der Waals surface area contributed by atoms with Gasteiger partial charge >= 0.3 is 0 Å². The Hall–Kier alpha value is -0.0800. The van der Waals surface area contributed by atoms with Crippen LogP contribution in [-0.2, 0) is 0 Å². The molecule has 1 aliphatic carbocycles. The molecule has 2 nitrogen and oxygen atoms in total. The maximum absolute atomic E-state index is 3.72. The summed E-state index contributed by atoms with van der Waals surface area (Å²) in [7, 11) is 0. The van der Waals surface area contributed by atoms with Crippen molar-refractivity contribution in [1.29, 1.82) is 0 Å². The lowest BCUT2D eigenvalue weighted by atomic mass is 9.73. The summed E-state index contributed by atoms with van der Waals surface area (Å²) in [5.41, 5.74) is 0.591. The Bertz CT molecular complexity index is 238. The minimum Gasteiger partial charge on any atom is -0.316 e. The summed E-state index contributed by atoms with van der Waals surface area (Å²) in [4.78, 5) is 2.76. The summed E-state index contributed by atoms with van der Waals surface area (Å²) in [6.45, 7) is 11.2. The van der Waals surface area contributed by atoms with Gasteiger partial charge in [0.15, 0.2) is 0 Å². The summed E-state index contributed by atoms with van der Waals surface area (Å²) in [5, 5.41) is 3.72. The lowest BCUT2D eigenvalue weighted by Gasteiger charge is -2.43. The van der Waals surface area contributed by atoms with Crippen molar-refractivity contribution in [1.82, 2.24) is 10.2 Å². The zero-order valence-electron chi connectivity index (χ0n) is 13.2. The number of hydrogen-bond donors (Lipinski definition) is 1. The van der Waals surface area contributed by atoms with E-state index in [1.54, 1.807) is 0 Å². The molecular formula is C17H34N2. The number of rotatable bonds is 6. The van der Waals surface area contributed by atoms with E-state index in [9.17, 15) is 0 Å². The Morgan fingerprint density at radius 2 is 1.79 bits per heavy atom. The van der Waals surface area contributed by atoms with E-state index in [-0.39, 0.29) is 0 Å². The topological polar surface area (TPSA) is 15.3 Å². The highest BCUT2D eigenvalue weighted by molar-refractivity contribution is 4.88. The molecule has 0 aromatic rings. The first kappa shape index (κ1) is 15.3. The van der Waals surface area contributed by atoms with Gasteiger partial charge in [0.05, 0.1) is 0 Å². The Morgan fingerprint density at radius 1 is 1.11 bits per heavy atom. The summed E-state index contributed by atoms with van der Waals surface area (Å²) in [6.07, 6.45) is 11.4. The van der Waals surface area contributed by atoms with E-state index in [1.807, 2.05) is 0 Å². The summed E-state index contributed by atoms with van der Waals surface area (Å²) >= 11 is 0. The van der Waals surface area contributed by atoms with Gasteiger partial charge in [-0.05, 0) is 63.1 Å². The van der Waals surface area contributed by atoms with E-state index >= 15 is 0 Å². The fourth-order valence-electron chi connectivity index (χ4n) is 3.92. The van der Waals surface area contributed by atoms with Crippen molar-refractivity contribution >= 4 is 0 Å². The molecule has 0 atom stereocenters. The second-order valence-electron chi connectivity index (χ2n) is 7.20. The van der Waals surface area contributed by atoms with E-state index < -0.39 is 0 Å². The molecule has 0 unspecified atom stereocenters. The van der Waals surface area contributed by atoms with Gasteiger partial charge in [-0.3, -0.25) is 0 Å². The predicted molar refractivity (Wildman–Crippen MR) is 83.5 cm³/mol. The van der Waals surface area contributed by atoms with Crippen molar-refractivity contribution in [3.63, 3.8) is 0 Å². The van der Waals surface area contributed by atoms with E-state index in [1.165, 1.54) is 84.1 Å². The highest BCUT2D eigenvalue weighted by Gasteiger charge is 2.34. The molecule has 19 heavy (non-hydrogen) atoms. The van der Waals surface area contributed by atoms with Gasteiger partial charge in [0, 0.05) is 13.1 Å². The molecule has 2 aliphatic rings. The average molecular weight is 266 g/mol. The van der Waals surface area contributed by atoms with E-state index in [2.05, 4.69) is 24.1 Å². The normalized spacial score (nSPS) is 25.6. The standard InChI is InChI=1S/C17H34N2/c1-3-11-18-14-17(9-5-4-6-10-17)15-19-12-7-16(2)8-13-19/h16,18H,3-15H2,1-2H3. The second kappa shape index (κ2) is 7.64. The maximum Gasteiger partial charge on any atom is 0.00501 e. The van der Waals surface area contributed by atoms with Crippen LogP contribution in [0, 0.1) is 11.3 Å². The molecule has 112 valence electrons. The molecule has 0 radical (unpaired) electrons. The van der Waals surface area contributed by atoms with Crippen molar-refractivity contribution in [3.8, 4) is 0 Å². The summed E-state index contributed by atoms with van der Waals surface area (Å²) in [6, 6.07) is 0. The molecule has 1 N–H and O–H groups in total. The van der Waals surface area contributed by atoms with Crippen LogP contribution in [0.15, 0.2) is 0 Å². The molecular weight excluding hydrogens is 232 g/mol. The quantitative estimate of drug-likeness (QED) is 0.738. The first-order valence-corrected chi connectivity index (χ1v) is 8.67.